The van der Waals surface area contributed by atoms with Gasteiger partial charge in [-0.15, -0.1) is 0 Å². The van der Waals surface area contributed by atoms with Crippen molar-refractivity contribution in [3.63, 3.8) is 0 Å². The summed E-state index contributed by atoms with van der Waals surface area (Å²) in [5, 5.41) is 3.46. The first-order valence-electron chi connectivity index (χ1n) is 10.9. The molecule has 2 aliphatic heterocycles. The van der Waals surface area contributed by atoms with Gasteiger partial charge in [-0.2, -0.15) is 0 Å². The van der Waals surface area contributed by atoms with Gasteiger partial charge >= 0.3 is 0 Å². The summed E-state index contributed by atoms with van der Waals surface area (Å²) in [6.07, 6.45) is 0. The quantitative estimate of drug-likeness (QED) is 0.628. The molecule has 0 saturated carbocycles. The van der Waals surface area contributed by atoms with Gasteiger partial charge in [0.2, 0.25) is 5.88 Å². The second kappa shape index (κ2) is 9.46. The van der Waals surface area contributed by atoms with E-state index in [0.29, 0.717) is 19.1 Å². The van der Waals surface area contributed by atoms with Gasteiger partial charge in [0, 0.05) is 30.9 Å². The smallest absolute Gasteiger partial charge is 0.238 e. The lowest BCUT2D eigenvalue weighted by molar-refractivity contribution is 0.0342. The number of nitrogens with one attached hydrogen (secondary N) is 1. The van der Waals surface area contributed by atoms with Gasteiger partial charge in [-0.3, -0.25) is 4.90 Å². The minimum Gasteiger partial charge on any atom is -0.486 e. The normalized spacial score (nSPS) is 15.9. The molecule has 166 valence electrons. The van der Waals surface area contributed by atoms with E-state index in [0.717, 1.165) is 67.0 Å². The molecule has 0 atom stereocenters. The molecule has 1 N–H and O–H groups in total. The summed E-state index contributed by atoms with van der Waals surface area (Å²) < 4.78 is 22.6. The Morgan fingerprint density at radius 1 is 0.969 bits per heavy atom. The first-order chi connectivity index (χ1) is 15.8. The third-order valence-corrected chi connectivity index (χ3v) is 5.61. The summed E-state index contributed by atoms with van der Waals surface area (Å²) in [6, 6.07) is 18.2. The Morgan fingerprint density at radius 3 is 2.69 bits per heavy atom. The summed E-state index contributed by atoms with van der Waals surface area (Å²) in [4.78, 5) is 7.15. The van der Waals surface area contributed by atoms with Crippen molar-refractivity contribution in [2.75, 3.05) is 51.9 Å². The van der Waals surface area contributed by atoms with Crippen LogP contribution >= 0.6 is 0 Å². The minimum atomic E-state index is 0.524. The zero-order chi connectivity index (χ0) is 21.8. The number of methoxy groups -OCH3 is 1. The molecule has 7 heteroatoms. The molecular formula is C25H27N3O4. The van der Waals surface area contributed by atoms with Crippen LogP contribution in [-0.4, -0.2) is 56.5 Å². The highest BCUT2D eigenvalue weighted by Gasteiger charge is 2.19. The molecular weight excluding hydrogens is 406 g/mol. The van der Waals surface area contributed by atoms with Crippen molar-refractivity contribution < 1.29 is 18.9 Å². The predicted molar refractivity (Wildman–Crippen MR) is 123 cm³/mol. The van der Waals surface area contributed by atoms with Crippen molar-refractivity contribution in [3.8, 4) is 28.6 Å². The van der Waals surface area contributed by atoms with E-state index in [2.05, 4.69) is 34.5 Å². The number of morpholine rings is 1. The lowest BCUT2D eigenvalue weighted by Crippen LogP contribution is -2.35. The standard InChI is InChI=1S/C25H27N3O4/c1-29-25-22(26-19-5-2-4-18(16-19)17-28-10-12-30-13-11-28)9-8-21(27-25)20-6-3-7-23-24(20)32-15-14-31-23/h2-9,16,26H,10-15,17H2,1H3. The molecule has 0 unspecified atom stereocenters. The molecule has 5 rings (SSSR count). The monoisotopic (exact) mass is 433 g/mol. The van der Waals surface area contributed by atoms with Crippen LogP contribution in [0.3, 0.4) is 0 Å². The van der Waals surface area contributed by atoms with E-state index in [4.69, 9.17) is 23.9 Å². The van der Waals surface area contributed by atoms with Crippen molar-refractivity contribution in [1.29, 1.82) is 0 Å². The maximum absolute atomic E-state index is 5.85. The van der Waals surface area contributed by atoms with Crippen molar-refractivity contribution in [3.05, 3.63) is 60.2 Å². The summed E-state index contributed by atoms with van der Waals surface area (Å²) in [7, 11) is 1.63. The SMILES string of the molecule is COc1nc(-c2cccc3c2OCCO3)ccc1Nc1cccc(CN2CCOCC2)c1. The topological polar surface area (TPSA) is 65.1 Å². The van der Waals surface area contributed by atoms with Crippen LogP contribution in [0.1, 0.15) is 5.56 Å². The number of anilines is 2. The van der Waals surface area contributed by atoms with Gasteiger partial charge in [-0.25, -0.2) is 4.98 Å². The van der Waals surface area contributed by atoms with E-state index in [1.807, 2.05) is 30.3 Å². The fourth-order valence-corrected chi connectivity index (χ4v) is 4.04. The summed E-state index contributed by atoms with van der Waals surface area (Å²) in [5.41, 5.74) is 4.73. The van der Waals surface area contributed by atoms with Crippen LogP contribution in [0.4, 0.5) is 11.4 Å². The maximum Gasteiger partial charge on any atom is 0.238 e. The zero-order valence-corrected chi connectivity index (χ0v) is 18.2. The Kier molecular flexibility index (Phi) is 6.09. The Bertz CT molecular complexity index is 1080. The highest BCUT2D eigenvalue weighted by atomic mass is 16.6. The number of hydrogen-bond acceptors (Lipinski definition) is 7. The molecule has 3 heterocycles. The van der Waals surface area contributed by atoms with E-state index in [9.17, 15) is 0 Å². The lowest BCUT2D eigenvalue weighted by atomic mass is 10.1. The van der Waals surface area contributed by atoms with Crippen LogP contribution in [0.15, 0.2) is 54.6 Å². The Balaban J connectivity index is 1.37. The van der Waals surface area contributed by atoms with Gasteiger partial charge in [0.05, 0.1) is 26.0 Å². The summed E-state index contributed by atoms with van der Waals surface area (Å²) in [6.45, 7) is 5.53. The van der Waals surface area contributed by atoms with Crippen molar-refractivity contribution in [2.24, 2.45) is 0 Å². The van der Waals surface area contributed by atoms with Gasteiger partial charge in [0.15, 0.2) is 11.5 Å². The first kappa shape index (κ1) is 20.6. The average molecular weight is 434 g/mol. The van der Waals surface area contributed by atoms with Crippen LogP contribution in [0.25, 0.3) is 11.3 Å². The molecule has 1 saturated heterocycles. The van der Waals surface area contributed by atoms with Crippen molar-refractivity contribution in [1.82, 2.24) is 9.88 Å². The van der Waals surface area contributed by atoms with Crippen molar-refractivity contribution >= 4 is 11.4 Å². The maximum atomic E-state index is 5.85. The van der Waals surface area contributed by atoms with Crippen LogP contribution in [-0.2, 0) is 11.3 Å². The van der Waals surface area contributed by atoms with Crippen LogP contribution in [0.2, 0.25) is 0 Å². The Morgan fingerprint density at radius 2 is 1.81 bits per heavy atom. The van der Waals surface area contributed by atoms with Crippen LogP contribution in [0.5, 0.6) is 17.4 Å². The molecule has 2 aromatic carbocycles. The molecule has 1 aromatic heterocycles. The number of nitrogens with zero attached hydrogens (tertiary/aromatic N) is 2. The number of aromatic nitrogens is 1. The number of pyridine rings is 1. The largest absolute Gasteiger partial charge is 0.486 e. The van der Waals surface area contributed by atoms with Gasteiger partial charge in [-0.05, 0) is 42.0 Å². The van der Waals surface area contributed by atoms with Gasteiger partial charge in [0.1, 0.15) is 18.9 Å². The molecule has 0 amide bonds. The Labute approximate surface area is 187 Å². The molecule has 32 heavy (non-hydrogen) atoms. The second-order valence-electron chi connectivity index (χ2n) is 7.80. The molecule has 0 radical (unpaired) electrons. The molecule has 7 nitrogen and oxygen atoms in total. The number of rotatable bonds is 6. The minimum absolute atomic E-state index is 0.524. The van der Waals surface area contributed by atoms with E-state index >= 15 is 0 Å². The molecule has 1 fully saturated rings. The highest BCUT2D eigenvalue weighted by Crippen LogP contribution is 2.40. The van der Waals surface area contributed by atoms with E-state index in [1.165, 1.54) is 5.56 Å². The van der Waals surface area contributed by atoms with Crippen molar-refractivity contribution in [2.45, 2.75) is 6.54 Å². The number of para-hydroxylation sites is 1. The average Bonchev–Trinajstić information content (AvgIpc) is 2.85. The third kappa shape index (κ3) is 4.49. The van der Waals surface area contributed by atoms with E-state index in [1.54, 1.807) is 7.11 Å². The predicted octanol–water partition coefficient (Wildman–Crippen LogP) is 4.10. The number of ether oxygens (including phenoxy) is 4. The number of fused-ring (bicyclic) bond motifs is 1. The van der Waals surface area contributed by atoms with Gasteiger partial charge < -0.3 is 24.3 Å². The number of hydrogen-bond donors (Lipinski definition) is 1. The summed E-state index contributed by atoms with van der Waals surface area (Å²) in [5.74, 6) is 1.99. The molecule has 0 spiro atoms. The molecule has 0 aliphatic carbocycles. The van der Waals surface area contributed by atoms with Gasteiger partial charge in [-0.1, -0.05) is 18.2 Å². The van der Waals surface area contributed by atoms with Crippen LogP contribution in [0, 0.1) is 0 Å². The first-order valence-corrected chi connectivity index (χ1v) is 10.9. The summed E-state index contributed by atoms with van der Waals surface area (Å²) >= 11 is 0. The second-order valence-corrected chi connectivity index (χ2v) is 7.80. The van der Waals surface area contributed by atoms with E-state index < -0.39 is 0 Å². The van der Waals surface area contributed by atoms with E-state index in [-0.39, 0.29) is 0 Å². The highest BCUT2D eigenvalue weighted by molar-refractivity contribution is 5.74. The fourth-order valence-electron chi connectivity index (χ4n) is 4.04. The zero-order valence-electron chi connectivity index (χ0n) is 18.2. The number of benzene rings is 2. The molecule has 3 aromatic rings. The molecule has 0 bridgehead atoms. The van der Waals surface area contributed by atoms with Crippen LogP contribution < -0.4 is 19.5 Å². The third-order valence-electron chi connectivity index (χ3n) is 5.61. The molecule has 2 aliphatic rings. The Hall–Kier alpha value is -3.29. The lowest BCUT2D eigenvalue weighted by Gasteiger charge is -2.26. The fraction of sp³-hybridized carbons (Fsp3) is 0.320. The van der Waals surface area contributed by atoms with Gasteiger partial charge in [0.25, 0.3) is 0 Å².